The number of rotatable bonds is 4. The number of hydrogen-bond donors (Lipinski definition) is 1. The van der Waals surface area contributed by atoms with Crippen molar-refractivity contribution >= 4 is 18.2 Å². The molecule has 1 unspecified atom stereocenters. The topological polar surface area (TPSA) is 47.6 Å². The van der Waals surface area contributed by atoms with Gasteiger partial charge < -0.3 is 14.8 Å². The van der Waals surface area contributed by atoms with Gasteiger partial charge in [0.2, 0.25) is 6.79 Å². The molecule has 4 nitrogen and oxygen atoms in total. The van der Waals surface area contributed by atoms with E-state index in [0.29, 0.717) is 17.1 Å². The molecule has 2 rings (SSSR count). The maximum Gasteiger partial charge on any atom is 0.231 e. The lowest BCUT2D eigenvalue weighted by Gasteiger charge is -2.12. The highest BCUT2D eigenvalue weighted by atomic mass is 35.5. The van der Waals surface area contributed by atoms with Crippen molar-refractivity contribution in [1.29, 1.82) is 0 Å². The van der Waals surface area contributed by atoms with Crippen LogP contribution in [0, 0.1) is 0 Å². The van der Waals surface area contributed by atoms with Crippen molar-refractivity contribution in [2.75, 3.05) is 13.8 Å². The lowest BCUT2D eigenvalue weighted by molar-refractivity contribution is 0.0944. The number of fused-ring (bicyclic) bond motifs is 1. The molecule has 0 saturated carbocycles. The number of ketones is 1. The number of likely N-dealkylation sites (N-methyl/N-ethyl adjacent to an activating group) is 1. The Morgan fingerprint density at radius 1 is 1.53 bits per heavy atom. The number of benzene rings is 1. The zero-order valence-corrected chi connectivity index (χ0v) is 10.2. The average molecular weight is 261 g/mol. The molecule has 0 amide bonds. The second-order valence-electron chi connectivity index (χ2n) is 3.48. The van der Waals surface area contributed by atoms with Gasteiger partial charge in [-0.2, -0.15) is 0 Å². The van der Waals surface area contributed by atoms with Gasteiger partial charge in [-0.3, -0.25) is 4.79 Å². The van der Waals surface area contributed by atoms with Crippen LogP contribution in [-0.4, -0.2) is 25.7 Å². The number of ether oxygens (including phenoxy) is 2. The van der Waals surface area contributed by atoms with E-state index < -0.39 is 12.9 Å². The summed E-state index contributed by atoms with van der Waals surface area (Å²) in [7, 11) is 1.57. The van der Waals surface area contributed by atoms with Gasteiger partial charge in [0.1, 0.15) is 0 Å². The highest BCUT2D eigenvalue weighted by Crippen LogP contribution is 2.32. The minimum Gasteiger partial charge on any atom is -0.454 e. The van der Waals surface area contributed by atoms with Gasteiger partial charge in [-0.1, -0.05) is 6.85 Å². The minimum absolute atomic E-state index is 0. The van der Waals surface area contributed by atoms with E-state index >= 15 is 0 Å². The molecule has 0 fully saturated rings. The lowest BCUT2D eigenvalue weighted by Crippen LogP contribution is -2.33. The first-order valence-corrected chi connectivity index (χ1v) is 5.02. The predicted octanol–water partition coefficient (Wildman–Crippen LogP) is 2.02. The standard InChI is InChI=1S/C12H15NO3.ClH/c1-3-9(13-2)12(14)8-4-5-10-11(6-8)16-7-15-10;/h4-6,9,13H,3,7H2,1-2H3;1H/i1D3;. The molecular formula is C12H16ClNO3. The van der Waals surface area contributed by atoms with Gasteiger partial charge in [0, 0.05) is 9.68 Å². The zero-order valence-electron chi connectivity index (χ0n) is 12.4. The summed E-state index contributed by atoms with van der Waals surface area (Å²) in [6.45, 7) is -2.02. The normalized spacial score (nSPS) is 17.4. The lowest BCUT2D eigenvalue weighted by atomic mass is 10.0. The largest absolute Gasteiger partial charge is 0.454 e. The summed E-state index contributed by atoms with van der Waals surface area (Å²) >= 11 is 0. The van der Waals surface area contributed by atoms with Crippen molar-refractivity contribution in [2.45, 2.75) is 19.3 Å². The third-order valence-corrected chi connectivity index (χ3v) is 2.53. The van der Waals surface area contributed by atoms with Crippen LogP contribution in [-0.2, 0) is 0 Å². The third kappa shape index (κ3) is 2.70. The van der Waals surface area contributed by atoms with Crippen molar-refractivity contribution in [2.24, 2.45) is 0 Å². The van der Waals surface area contributed by atoms with E-state index in [1.165, 1.54) is 0 Å². The summed E-state index contributed by atoms with van der Waals surface area (Å²) in [4.78, 5) is 12.2. The first kappa shape index (κ1) is 9.74. The molecule has 1 heterocycles. The highest BCUT2D eigenvalue weighted by Gasteiger charge is 2.20. The molecule has 0 aliphatic carbocycles. The van der Waals surface area contributed by atoms with Gasteiger partial charge in [0.25, 0.3) is 0 Å². The van der Waals surface area contributed by atoms with Crippen LogP contribution in [0.15, 0.2) is 18.2 Å². The molecular weight excluding hydrogens is 242 g/mol. The van der Waals surface area contributed by atoms with Crippen LogP contribution >= 0.6 is 12.4 Å². The summed E-state index contributed by atoms with van der Waals surface area (Å²) in [5, 5.41) is 2.74. The quantitative estimate of drug-likeness (QED) is 0.842. The fourth-order valence-corrected chi connectivity index (χ4v) is 1.58. The first-order valence-electron chi connectivity index (χ1n) is 6.52. The molecule has 94 valence electrons. The molecule has 1 aliphatic heterocycles. The zero-order chi connectivity index (χ0) is 14.0. The summed E-state index contributed by atoms with van der Waals surface area (Å²) < 4.78 is 32.1. The van der Waals surface area contributed by atoms with Crippen molar-refractivity contribution in [3.63, 3.8) is 0 Å². The van der Waals surface area contributed by atoms with Crippen molar-refractivity contribution in [3.8, 4) is 11.5 Å². The van der Waals surface area contributed by atoms with Gasteiger partial charge in [-0.25, -0.2) is 0 Å². The van der Waals surface area contributed by atoms with Crippen molar-refractivity contribution in [3.05, 3.63) is 23.8 Å². The third-order valence-electron chi connectivity index (χ3n) is 2.53. The van der Waals surface area contributed by atoms with Crippen LogP contribution in [0.25, 0.3) is 0 Å². The number of nitrogens with one attached hydrogen (secondary N) is 1. The van der Waals surface area contributed by atoms with E-state index in [9.17, 15) is 4.79 Å². The van der Waals surface area contributed by atoms with E-state index in [1.54, 1.807) is 25.2 Å². The van der Waals surface area contributed by atoms with Gasteiger partial charge in [0.15, 0.2) is 17.3 Å². The monoisotopic (exact) mass is 260 g/mol. The van der Waals surface area contributed by atoms with E-state index in [1.807, 2.05) is 0 Å². The van der Waals surface area contributed by atoms with Crippen molar-refractivity contribution < 1.29 is 18.4 Å². The molecule has 0 spiro atoms. The Bertz CT molecular complexity index is 493. The molecule has 0 aromatic heterocycles. The Morgan fingerprint density at radius 3 is 3.00 bits per heavy atom. The number of hydrogen-bond acceptors (Lipinski definition) is 4. The predicted molar refractivity (Wildman–Crippen MR) is 67.3 cm³/mol. The van der Waals surface area contributed by atoms with Gasteiger partial charge in [-0.05, 0) is 31.7 Å². The van der Waals surface area contributed by atoms with E-state index in [2.05, 4.69) is 5.32 Å². The molecule has 0 radical (unpaired) electrons. The molecule has 1 aromatic rings. The minimum atomic E-state index is -2.15. The molecule has 1 aromatic carbocycles. The number of carbonyl (C=O) groups is 1. The Hall–Kier alpha value is -1.26. The van der Waals surface area contributed by atoms with Gasteiger partial charge in [-0.15, -0.1) is 12.4 Å². The summed E-state index contributed by atoms with van der Waals surface area (Å²) in [6, 6.07) is 4.10. The van der Waals surface area contributed by atoms with E-state index in [-0.39, 0.29) is 31.4 Å². The van der Waals surface area contributed by atoms with Crippen LogP contribution in [0.3, 0.4) is 0 Å². The smallest absolute Gasteiger partial charge is 0.231 e. The second kappa shape index (κ2) is 5.89. The van der Waals surface area contributed by atoms with Crippen LogP contribution in [0.1, 0.15) is 27.7 Å². The molecule has 5 heteroatoms. The molecule has 0 saturated heterocycles. The Labute approximate surface area is 111 Å². The molecule has 1 N–H and O–H groups in total. The van der Waals surface area contributed by atoms with Gasteiger partial charge >= 0.3 is 0 Å². The van der Waals surface area contributed by atoms with Crippen LogP contribution in [0.2, 0.25) is 0 Å². The fourth-order valence-electron chi connectivity index (χ4n) is 1.58. The van der Waals surface area contributed by atoms with Crippen LogP contribution in [0.5, 0.6) is 11.5 Å². The SMILES string of the molecule is Cl.[2H]C([2H])([2H])CC(NC)C(=O)c1ccc2c(c1)OCO2. The maximum atomic E-state index is 12.2. The Morgan fingerprint density at radius 2 is 2.29 bits per heavy atom. The number of halogens is 1. The average Bonchev–Trinajstić information content (AvgIpc) is 2.81. The van der Waals surface area contributed by atoms with Crippen molar-refractivity contribution in [1.82, 2.24) is 5.32 Å². The van der Waals surface area contributed by atoms with Gasteiger partial charge in [0.05, 0.1) is 6.04 Å². The molecule has 17 heavy (non-hydrogen) atoms. The highest BCUT2D eigenvalue weighted by molar-refractivity contribution is 6.00. The van der Waals surface area contributed by atoms with Crippen LogP contribution in [0.4, 0.5) is 0 Å². The fraction of sp³-hybridized carbons (Fsp3) is 0.417. The second-order valence-corrected chi connectivity index (χ2v) is 3.48. The summed E-state index contributed by atoms with van der Waals surface area (Å²) in [5.41, 5.74) is 0.410. The van der Waals surface area contributed by atoms with Crippen LogP contribution < -0.4 is 14.8 Å². The van der Waals surface area contributed by atoms with E-state index in [4.69, 9.17) is 13.6 Å². The molecule has 1 atom stereocenters. The van der Waals surface area contributed by atoms with E-state index in [0.717, 1.165) is 0 Å². The molecule has 0 bridgehead atoms. The summed E-state index contributed by atoms with van der Waals surface area (Å²) in [6.07, 6.45) is -0.212. The maximum absolute atomic E-state index is 12.2. The number of carbonyl (C=O) groups excluding carboxylic acids is 1. The molecule has 1 aliphatic rings. The Balaban J connectivity index is 0.00000200. The number of Topliss-reactive ketones (excluding diaryl/α,β-unsaturated/α-hetero) is 1. The first-order chi connectivity index (χ1) is 8.90. The Kier molecular flexibility index (Phi) is 3.37. The summed E-state index contributed by atoms with van der Waals surface area (Å²) in [5.74, 6) is 0.833.